The van der Waals surface area contributed by atoms with Gasteiger partial charge in [0.25, 0.3) is 17.5 Å². The Morgan fingerprint density at radius 2 is 1.67 bits per heavy atom. The summed E-state index contributed by atoms with van der Waals surface area (Å²) in [6, 6.07) is 5.78. The largest absolute Gasteiger partial charge is 0.366 e. The molecule has 0 radical (unpaired) electrons. The van der Waals surface area contributed by atoms with Crippen LogP contribution >= 0.6 is 0 Å². The highest BCUT2D eigenvalue weighted by Crippen LogP contribution is 2.33. The molecule has 1 aromatic carbocycles. The van der Waals surface area contributed by atoms with Gasteiger partial charge < -0.3 is 4.90 Å². The lowest BCUT2D eigenvalue weighted by molar-refractivity contribution is -0.384. The van der Waals surface area contributed by atoms with E-state index in [1.807, 2.05) is 4.90 Å². The Hall–Kier alpha value is -2.70. The normalized spacial score (nSPS) is 19.4. The van der Waals surface area contributed by atoms with E-state index in [9.17, 15) is 19.7 Å². The van der Waals surface area contributed by atoms with Crippen molar-refractivity contribution in [1.29, 1.82) is 0 Å². The highest BCUT2D eigenvalue weighted by molar-refractivity contribution is 6.35. The van der Waals surface area contributed by atoms with E-state index in [0.717, 1.165) is 30.8 Å². The number of nitrogens with zero attached hydrogens (tertiary/aromatic N) is 3. The monoisotopic (exact) mass is 329 g/mol. The first-order valence-electron chi connectivity index (χ1n) is 7.96. The fourth-order valence-corrected chi connectivity index (χ4v) is 3.16. The third-order valence-electron chi connectivity index (χ3n) is 4.73. The Labute approximate surface area is 139 Å². The fraction of sp³-hybridized carbons (Fsp3) is 0.412. The van der Waals surface area contributed by atoms with Crippen LogP contribution < -0.4 is 0 Å². The van der Waals surface area contributed by atoms with Crippen LogP contribution in [-0.2, 0) is 9.59 Å². The highest BCUT2D eigenvalue weighted by atomic mass is 16.6. The Kier molecular flexibility index (Phi) is 4.09. The zero-order valence-electron chi connectivity index (χ0n) is 13.7. The van der Waals surface area contributed by atoms with E-state index in [0.29, 0.717) is 22.8 Å². The summed E-state index contributed by atoms with van der Waals surface area (Å²) in [5.41, 5.74) is 1.25. The van der Waals surface area contributed by atoms with Crippen molar-refractivity contribution in [1.82, 2.24) is 9.80 Å². The molecule has 0 spiro atoms. The summed E-state index contributed by atoms with van der Waals surface area (Å²) in [6.07, 6.45) is 1.95. The summed E-state index contributed by atoms with van der Waals surface area (Å²) in [5, 5.41) is 10.8. The summed E-state index contributed by atoms with van der Waals surface area (Å²) < 4.78 is 0. The number of non-ortho nitro benzene ring substituents is 1. The molecule has 0 unspecified atom stereocenters. The van der Waals surface area contributed by atoms with Gasteiger partial charge in [0.15, 0.2) is 0 Å². The molecule has 7 heteroatoms. The molecule has 0 atom stereocenters. The maximum absolute atomic E-state index is 12.6. The average Bonchev–Trinajstić information content (AvgIpc) is 2.80. The summed E-state index contributed by atoms with van der Waals surface area (Å²) in [6.45, 7) is 3.65. The van der Waals surface area contributed by atoms with Crippen LogP contribution in [0.4, 0.5) is 5.69 Å². The number of amides is 2. The van der Waals surface area contributed by atoms with Crippen LogP contribution in [0.3, 0.4) is 0 Å². The van der Waals surface area contributed by atoms with Crippen molar-refractivity contribution in [2.45, 2.75) is 19.8 Å². The first-order chi connectivity index (χ1) is 11.4. The first kappa shape index (κ1) is 16.2. The highest BCUT2D eigenvalue weighted by Gasteiger charge is 2.40. The van der Waals surface area contributed by atoms with Crippen molar-refractivity contribution in [3.63, 3.8) is 0 Å². The van der Waals surface area contributed by atoms with Crippen molar-refractivity contribution in [2.24, 2.45) is 5.92 Å². The van der Waals surface area contributed by atoms with Crippen LogP contribution in [0.15, 0.2) is 30.0 Å². The lowest BCUT2D eigenvalue weighted by Gasteiger charge is -2.32. The van der Waals surface area contributed by atoms with E-state index in [1.165, 1.54) is 31.3 Å². The third-order valence-corrected chi connectivity index (χ3v) is 4.73. The van der Waals surface area contributed by atoms with Gasteiger partial charge in [-0.05, 0) is 36.5 Å². The van der Waals surface area contributed by atoms with Crippen LogP contribution in [0.5, 0.6) is 0 Å². The second-order valence-electron chi connectivity index (χ2n) is 6.37. The molecule has 126 valence electrons. The lowest BCUT2D eigenvalue weighted by Crippen LogP contribution is -2.37. The molecule has 0 aliphatic carbocycles. The average molecular weight is 329 g/mol. The minimum absolute atomic E-state index is 0.0437. The van der Waals surface area contributed by atoms with E-state index in [2.05, 4.69) is 6.92 Å². The van der Waals surface area contributed by atoms with E-state index in [4.69, 9.17) is 0 Å². The van der Waals surface area contributed by atoms with Gasteiger partial charge in [0, 0.05) is 32.3 Å². The van der Waals surface area contributed by atoms with Gasteiger partial charge in [-0.25, -0.2) is 0 Å². The topological polar surface area (TPSA) is 83.8 Å². The molecule has 3 rings (SSSR count). The van der Waals surface area contributed by atoms with Crippen molar-refractivity contribution in [3.8, 4) is 0 Å². The van der Waals surface area contributed by atoms with E-state index in [1.54, 1.807) is 0 Å². The SMILES string of the molecule is CC1CCN(C2=C(c3ccc([N+](=O)[O-])cc3)C(=O)N(C)C2=O)CC1. The third kappa shape index (κ3) is 2.66. The van der Waals surface area contributed by atoms with E-state index >= 15 is 0 Å². The molecular weight excluding hydrogens is 310 g/mol. The Morgan fingerprint density at radius 3 is 2.21 bits per heavy atom. The first-order valence-corrected chi connectivity index (χ1v) is 7.96. The van der Waals surface area contributed by atoms with Crippen molar-refractivity contribution >= 4 is 23.1 Å². The minimum atomic E-state index is -0.487. The number of imide groups is 1. The van der Waals surface area contributed by atoms with Gasteiger partial charge in [-0.3, -0.25) is 24.6 Å². The molecule has 0 bridgehead atoms. The Morgan fingerprint density at radius 1 is 1.08 bits per heavy atom. The van der Waals surface area contributed by atoms with Crippen LogP contribution in [0, 0.1) is 16.0 Å². The number of hydrogen-bond donors (Lipinski definition) is 0. The molecule has 2 aliphatic heterocycles. The van der Waals surface area contributed by atoms with Crippen LogP contribution in [0.25, 0.3) is 5.57 Å². The molecule has 2 aliphatic rings. The van der Waals surface area contributed by atoms with Gasteiger partial charge in [0.1, 0.15) is 5.70 Å². The summed E-state index contributed by atoms with van der Waals surface area (Å²) in [7, 11) is 1.47. The smallest absolute Gasteiger partial charge is 0.277 e. The van der Waals surface area contributed by atoms with Gasteiger partial charge in [-0.1, -0.05) is 6.92 Å². The summed E-state index contributed by atoms with van der Waals surface area (Å²) in [4.78, 5) is 38.5. The van der Waals surface area contributed by atoms with Gasteiger partial charge >= 0.3 is 0 Å². The van der Waals surface area contributed by atoms with Gasteiger partial charge in [-0.15, -0.1) is 0 Å². The van der Waals surface area contributed by atoms with Gasteiger partial charge in [0.2, 0.25) is 0 Å². The molecule has 0 saturated carbocycles. The quantitative estimate of drug-likeness (QED) is 0.481. The second-order valence-corrected chi connectivity index (χ2v) is 6.37. The van der Waals surface area contributed by atoms with Gasteiger partial charge in [0.05, 0.1) is 10.5 Å². The van der Waals surface area contributed by atoms with Crippen molar-refractivity contribution in [2.75, 3.05) is 20.1 Å². The molecule has 0 aromatic heterocycles. The second kappa shape index (κ2) is 6.07. The maximum atomic E-state index is 12.6. The predicted molar refractivity (Wildman–Crippen MR) is 87.8 cm³/mol. The maximum Gasteiger partial charge on any atom is 0.277 e. The molecule has 1 fully saturated rings. The summed E-state index contributed by atoms with van der Waals surface area (Å²) in [5.74, 6) is -0.0556. The number of rotatable bonds is 3. The zero-order chi connectivity index (χ0) is 17.4. The van der Waals surface area contributed by atoms with Crippen LogP contribution in [-0.4, -0.2) is 46.7 Å². The number of benzene rings is 1. The zero-order valence-corrected chi connectivity index (χ0v) is 13.7. The number of likely N-dealkylation sites (N-methyl/N-ethyl adjacent to an activating group) is 1. The lowest BCUT2D eigenvalue weighted by atomic mass is 9.97. The Bertz CT molecular complexity index is 731. The number of hydrogen-bond acceptors (Lipinski definition) is 5. The Balaban J connectivity index is 2.03. The van der Waals surface area contributed by atoms with E-state index < -0.39 is 4.92 Å². The standard InChI is InChI=1S/C17H19N3O4/c1-11-7-9-19(10-8-11)15-14(16(21)18(2)17(15)22)12-3-5-13(6-4-12)20(23)24/h3-6,11H,7-10H2,1-2H3. The van der Waals surface area contributed by atoms with Crippen LogP contribution in [0.1, 0.15) is 25.3 Å². The number of carbonyl (C=O) groups is 2. The molecule has 24 heavy (non-hydrogen) atoms. The molecule has 0 N–H and O–H groups in total. The fourth-order valence-electron chi connectivity index (χ4n) is 3.16. The summed E-state index contributed by atoms with van der Waals surface area (Å²) >= 11 is 0. The van der Waals surface area contributed by atoms with Gasteiger partial charge in [-0.2, -0.15) is 0 Å². The molecule has 1 aromatic rings. The predicted octanol–water partition coefficient (Wildman–Crippen LogP) is 2.04. The van der Waals surface area contributed by atoms with Crippen molar-refractivity contribution in [3.05, 3.63) is 45.6 Å². The molecule has 1 saturated heterocycles. The number of piperidine rings is 1. The molecular formula is C17H19N3O4. The number of likely N-dealkylation sites (tertiary alicyclic amines) is 1. The minimum Gasteiger partial charge on any atom is -0.366 e. The van der Waals surface area contributed by atoms with Crippen molar-refractivity contribution < 1.29 is 14.5 Å². The molecule has 7 nitrogen and oxygen atoms in total. The van der Waals surface area contributed by atoms with Crippen LogP contribution in [0.2, 0.25) is 0 Å². The molecule has 2 amide bonds. The number of nitro groups is 1. The number of nitro benzene ring substituents is 1. The number of carbonyl (C=O) groups excluding carboxylic acids is 2. The molecule has 2 heterocycles. The van der Waals surface area contributed by atoms with E-state index in [-0.39, 0.29) is 17.5 Å².